The largest absolute Gasteiger partial charge is 0.493 e. The van der Waals surface area contributed by atoms with E-state index in [1.54, 1.807) is 0 Å². The topological polar surface area (TPSA) is 40.6 Å². The lowest BCUT2D eigenvalue weighted by molar-refractivity contribution is 0.219. The summed E-state index contributed by atoms with van der Waals surface area (Å²) < 4.78 is 5.77. The van der Waals surface area contributed by atoms with Crippen LogP contribution in [0, 0.1) is 17.9 Å². The fourth-order valence-corrected chi connectivity index (χ4v) is 4.75. The molecular formula is C26H29N3O. The van der Waals surface area contributed by atoms with Crippen molar-refractivity contribution < 1.29 is 4.74 Å². The first-order valence-electron chi connectivity index (χ1n) is 10.7. The zero-order chi connectivity index (χ0) is 21.5. The van der Waals surface area contributed by atoms with Crippen LogP contribution in [0.15, 0.2) is 41.3 Å². The van der Waals surface area contributed by atoms with E-state index in [2.05, 4.69) is 55.6 Å². The third-order valence-electron chi connectivity index (χ3n) is 6.84. The second kappa shape index (κ2) is 7.37. The van der Waals surface area contributed by atoms with E-state index in [1.807, 2.05) is 18.2 Å². The molecule has 0 spiro atoms. The molecule has 3 heterocycles. The maximum absolute atomic E-state index is 9.15. The molecule has 4 rings (SSSR count). The smallest absolute Gasteiger partial charge is 0.265 e. The molecule has 4 heteroatoms. The molecule has 4 nitrogen and oxygen atoms in total. The van der Waals surface area contributed by atoms with Crippen LogP contribution < -0.4 is 4.90 Å². The number of rotatable bonds is 2. The third-order valence-corrected chi connectivity index (χ3v) is 6.84. The summed E-state index contributed by atoms with van der Waals surface area (Å²) in [7, 11) is 0. The van der Waals surface area contributed by atoms with Crippen LogP contribution in [0.4, 0.5) is 5.69 Å². The Hall–Kier alpha value is -2.98. The van der Waals surface area contributed by atoms with Crippen LogP contribution in [0.25, 0.3) is 10.9 Å². The number of anilines is 1. The van der Waals surface area contributed by atoms with Crippen LogP contribution in [0.5, 0.6) is 0 Å². The third kappa shape index (κ3) is 3.52. The summed E-state index contributed by atoms with van der Waals surface area (Å²) in [5.74, 6) is 0.708. The number of hydrogen-bond acceptors (Lipinski definition) is 3. The Kier molecular flexibility index (Phi) is 4.99. The predicted molar refractivity (Wildman–Crippen MR) is 121 cm³/mol. The molecule has 0 saturated carbocycles. The van der Waals surface area contributed by atoms with Crippen molar-refractivity contribution in [1.29, 1.82) is 5.26 Å². The maximum Gasteiger partial charge on any atom is 0.265 e. The second-order valence-electron chi connectivity index (χ2n) is 9.80. The highest BCUT2D eigenvalue weighted by Crippen LogP contribution is 2.49. The lowest BCUT2D eigenvalue weighted by Gasteiger charge is -2.48. The zero-order valence-electron chi connectivity index (χ0n) is 18.4. The molecule has 154 valence electrons. The van der Waals surface area contributed by atoms with Crippen LogP contribution in [-0.4, -0.2) is 19.7 Å². The van der Waals surface area contributed by atoms with E-state index in [9.17, 15) is 0 Å². The van der Waals surface area contributed by atoms with Crippen molar-refractivity contribution in [2.45, 2.75) is 57.8 Å². The average molecular weight is 400 g/mol. The van der Waals surface area contributed by atoms with Crippen LogP contribution in [-0.2, 0) is 15.6 Å². The minimum Gasteiger partial charge on any atom is -0.493 e. The number of benzene rings is 1. The number of hydrogen-bond donors (Lipinski definition) is 0. The van der Waals surface area contributed by atoms with Gasteiger partial charge in [-0.1, -0.05) is 33.8 Å². The Bertz CT molecular complexity index is 1000. The van der Waals surface area contributed by atoms with Crippen LogP contribution in [0.2, 0.25) is 0 Å². The maximum atomic E-state index is 9.15. The summed E-state index contributed by atoms with van der Waals surface area (Å²) in [5.41, 5.74) is 6.75. The molecule has 0 radical (unpaired) electrons. The summed E-state index contributed by atoms with van der Waals surface area (Å²) in [5, 5.41) is 9.15. The Balaban J connectivity index is 1.76. The molecule has 0 saturated heterocycles. The zero-order valence-corrected chi connectivity index (χ0v) is 18.4. The van der Waals surface area contributed by atoms with Gasteiger partial charge in [0.1, 0.15) is 5.76 Å². The van der Waals surface area contributed by atoms with Gasteiger partial charge in [-0.05, 0) is 76.6 Å². The molecule has 0 aromatic heterocycles. The number of nitriles is 1. The van der Waals surface area contributed by atoms with Gasteiger partial charge >= 0.3 is 0 Å². The van der Waals surface area contributed by atoms with E-state index >= 15 is 0 Å². The van der Waals surface area contributed by atoms with Crippen LogP contribution in [0.3, 0.4) is 0 Å². The predicted octanol–water partition coefficient (Wildman–Crippen LogP) is 5.87. The molecule has 0 amide bonds. The summed E-state index contributed by atoms with van der Waals surface area (Å²) in [6.07, 6.45) is 8.84. The fourth-order valence-electron chi connectivity index (χ4n) is 4.75. The van der Waals surface area contributed by atoms with Crippen molar-refractivity contribution >= 4 is 11.8 Å². The Morgan fingerprint density at radius 2 is 1.77 bits per heavy atom. The van der Waals surface area contributed by atoms with E-state index < -0.39 is 0 Å². The van der Waals surface area contributed by atoms with Crippen molar-refractivity contribution in [1.82, 2.24) is 0 Å². The standard InChI is InChI=1S/C26H29N3O/c1-25(2)9-11-29-12-10-26(3,4)22-15-18(14-21(25)24(22)29)6-7-20-16-19(8-13-30-20)23(17-27)28-5/h6-7,14-16H,8-13H2,1-4H3/b7-6+,23-19-. The monoisotopic (exact) mass is 399 g/mol. The van der Waals surface area contributed by atoms with E-state index in [4.69, 9.17) is 16.6 Å². The molecule has 3 aliphatic heterocycles. The minimum absolute atomic E-state index is 0.158. The van der Waals surface area contributed by atoms with E-state index in [0.717, 1.165) is 18.7 Å². The summed E-state index contributed by atoms with van der Waals surface area (Å²) in [6.45, 7) is 19.4. The summed E-state index contributed by atoms with van der Waals surface area (Å²) in [6, 6.07) is 6.66. The minimum atomic E-state index is 0.158. The van der Waals surface area contributed by atoms with Crippen molar-refractivity contribution in [3.05, 3.63) is 69.4 Å². The van der Waals surface area contributed by atoms with Gasteiger partial charge < -0.3 is 9.64 Å². The number of nitrogens with zero attached hydrogens (tertiary/aromatic N) is 3. The molecule has 0 N–H and O–H groups in total. The molecule has 3 aliphatic rings. The normalized spacial score (nSPS) is 23.0. The Labute approximate surface area is 180 Å². The van der Waals surface area contributed by atoms with Crippen molar-refractivity contribution in [3.8, 4) is 6.07 Å². The Morgan fingerprint density at radius 1 is 1.13 bits per heavy atom. The van der Waals surface area contributed by atoms with E-state index in [-0.39, 0.29) is 16.5 Å². The van der Waals surface area contributed by atoms with Crippen molar-refractivity contribution in [3.63, 3.8) is 0 Å². The lowest BCUT2D eigenvalue weighted by Crippen LogP contribution is -2.44. The quantitative estimate of drug-likeness (QED) is 0.461. The molecule has 1 aromatic carbocycles. The highest BCUT2D eigenvalue weighted by atomic mass is 16.5. The van der Waals surface area contributed by atoms with Crippen LogP contribution in [0.1, 0.15) is 63.6 Å². The first-order chi connectivity index (χ1) is 14.2. The molecule has 0 atom stereocenters. The molecular weight excluding hydrogens is 370 g/mol. The summed E-state index contributed by atoms with van der Waals surface area (Å²) in [4.78, 5) is 5.91. The van der Waals surface area contributed by atoms with Gasteiger partial charge in [0, 0.05) is 18.8 Å². The molecule has 0 aliphatic carbocycles. The van der Waals surface area contributed by atoms with Gasteiger partial charge in [-0.15, -0.1) is 0 Å². The number of allylic oxidation sites excluding steroid dienone is 3. The van der Waals surface area contributed by atoms with Gasteiger partial charge in [0.25, 0.3) is 5.70 Å². The highest BCUT2D eigenvalue weighted by Gasteiger charge is 2.39. The first-order valence-corrected chi connectivity index (χ1v) is 10.7. The molecule has 0 fully saturated rings. The van der Waals surface area contributed by atoms with Crippen molar-refractivity contribution in [2.75, 3.05) is 24.6 Å². The summed E-state index contributed by atoms with van der Waals surface area (Å²) >= 11 is 0. The number of ether oxygens (including phenoxy) is 1. The SMILES string of the molecule is [C-]#[N+]/C(C#N)=C1C=C(/C=C/c2cc3c4c(c2)C(C)(C)CCN4CCC3(C)C)OCC\1. The Morgan fingerprint density at radius 3 is 2.33 bits per heavy atom. The highest BCUT2D eigenvalue weighted by molar-refractivity contribution is 5.72. The average Bonchev–Trinajstić information content (AvgIpc) is 2.72. The van der Waals surface area contributed by atoms with Gasteiger partial charge in [0.05, 0.1) is 19.2 Å². The van der Waals surface area contributed by atoms with Gasteiger partial charge in [0.2, 0.25) is 0 Å². The molecule has 30 heavy (non-hydrogen) atoms. The van der Waals surface area contributed by atoms with E-state index in [0.29, 0.717) is 18.8 Å². The molecule has 1 aromatic rings. The van der Waals surface area contributed by atoms with Crippen molar-refractivity contribution in [2.24, 2.45) is 0 Å². The van der Waals surface area contributed by atoms with Crippen LogP contribution >= 0.6 is 0 Å². The lowest BCUT2D eigenvalue weighted by atomic mass is 9.69. The van der Waals surface area contributed by atoms with Gasteiger partial charge in [-0.3, -0.25) is 0 Å². The van der Waals surface area contributed by atoms with Gasteiger partial charge in [0.15, 0.2) is 0 Å². The van der Waals surface area contributed by atoms with Gasteiger partial charge in [-0.2, -0.15) is 0 Å². The fraction of sp³-hybridized carbons (Fsp3) is 0.462. The molecule has 0 bridgehead atoms. The first kappa shape index (κ1) is 20.3. The molecule has 0 unspecified atom stereocenters. The van der Waals surface area contributed by atoms with E-state index in [1.165, 1.54) is 35.2 Å². The second-order valence-corrected chi connectivity index (χ2v) is 9.80. The van der Waals surface area contributed by atoms with Gasteiger partial charge in [-0.25, -0.2) is 10.1 Å².